The highest BCUT2D eigenvalue weighted by Crippen LogP contribution is 2.03. The van der Waals surface area contributed by atoms with Gasteiger partial charge in [-0.2, -0.15) is 0 Å². The minimum Gasteiger partial charge on any atom is -0.395 e. The molecule has 0 bridgehead atoms. The van der Waals surface area contributed by atoms with Crippen LogP contribution in [0.2, 0.25) is 0 Å². The Kier molecular flexibility index (Phi) is 8.40. The molecular weight excluding hydrogens is 166 g/mol. The first-order valence-corrected chi connectivity index (χ1v) is 5.12. The molecule has 0 aromatic carbocycles. The molecule has 0 rings (SSSR count). The normalized spacial score (nSPS) is 13.6. The number of aliphatic hydroxyl groups is 1. The quantitative estimate of drug-likeness (QED) is 0.560. The summed E-state index contributed by atoms with van der Waals surface area (Å²) in [6, 6.07) is 0.223. The fourth-order valence-corrected chi connectivity index (χ4v) is 1.27. The fourth-order valence-electron chi connectivity index (χ4n) is 1.27. The van der Waals surface area contributed by atoms with E-state index in [4.69, 9.17) is 9.84 Å². The molecule has 0 aliphatic carbocycles. The van der Waals surface area contributed by atoms with Gasteiger partial charge >= 0.3 is 0 Å². The number of hydrogen-bond acceptors (Lipinski definition) is 3. The third-order valence-corrected chi connectivity index (χ3v) is 1.86. The highest BCUT2D eigenvalue weighted by molar-refractivity contribution is 4.66. The predicted octanol–water partition coefficient (Wildman–Crippen LogP) is 1.02. The van der Waals surface area contributed by atoms with Crippen LogP contribution in [0.4, 0.5) is 0 Å². The van der Waals surface area contributed by atoms with E-state index in [1.807, 2.05) is 6.92 Å². The van der Waals surface area contributed by atoms with Crippen molar-refractivity contribution in [3.05, 3.63) is 0 Å². The minimum absolute atomic E-state index is 0.213. The lowest BCUT2D eigenvalue weighted by atomic mass is 10.0. The number of rotatable bonds is 8. The van der Waals surface area contributed by atoms with E-state index in [-0.39, 0.29) is 12.6 Å². The van der Waals surface area contributed by atoms with Gasteiger partial charge in [0.25, 0.3) is 0 Å². The maximum Gasteiger partial charge on any atom is 0.0590 e. The van der Waals surface area contributed by atoms with Gasteiger partial charge in [-0.1, -0.05) is 13.8 Å². The molecule has 0 aromatic heterocycles. The topological polar surface area (TPSA) is 41.5 Å². The molecule has 0 saturated heterocycles. The molecule has 0 amide bonds. The Balaban J connectivity index is 3.36. The number of nitrogens with one attached hydrogen (secondary N) is 1. The van der Waals surface area contributed by atoms with Gasteiger partial charge in [0, 0.05) is 19.2 Å². The largest absolute Gasteiger partial charge is 0.395 e. The highest BCUT2D eigenvalue weighted by Gasteiger charge is 2.07. The Labute approximate surface area is 81.5 Å². The predicted molar refractivity (Wildman–Crippen MR) is 54.8 cm³/mol. The zero-order valence-electron chi connectivity index (χ0n) is 9.05. The molecule has 1 atom stereocenters. The lowest BCUT2D eigenvalue weighted by molar-refractivity contribution is 0.139. The first kappa shape index (κ1) is 12.9. The van der Waals surface area contributed by atoms with Crippen molar-refractivity contribution < 1.29 is 9.84 Å². The van der Waals surface area contributed by atoms with E-state index in [0.29, 0.717) is 5.92 Å². The molecule has 3 nitrogen and oxygen atoms in total. The van der Waals surface area contributed by atoms with Crippen LogP contribution in [0.15, 0.2) is 0 Å². The van der Waals surface area contributed by atoms with Crippen molar-refractivity contribution in [3.8, 4) is 0 Å². The smallest absolute Gasteiger partial charge is 0.0590 e. The van der Waals surface area contributed by atoms with Gasteiger partial charge in [-0.15, -0.1) is 0 Å². The summed E-state index contributed by atoms with van der Waals surface area (Å²) in [4.78, 5) is 0. The van der Waals surface area contributed by atoms with Crippen molar-refractivity contribution in [3.63, 3.8) is 0 Å². The van der Waals surface area contributed by atoms with Crippen LogP contribution in [0.5, 0.6) is 0 Å². The molecule has 0 saturated carbocycles. The van der Waals surface area contributed by atoms with Gasteiger partial charge in [0.1, 0.15) is 0 Å². The van der Waals surface area contributed by atoms with E-state index < -0.39 is 0 Å². The van der Waals surface area contributed by atoms with Crippen molar-refractivity contribution in [1.82, 2.24) is 5.32 Å². The molecule has 80 valence electrons. The van der Waals surface area contributed by atoms with E-state index in [0.717, 1.165) is 26.2 Å². The summed E-state index contributed by atoms with van der Waals surface area (Å²) < 4.78 is 5.19. The summed E-state index contributed by atoms with van der Waals surface area (Å²) in [5.74, 6) is 0.622. The van der Waals surface area contributed by atoms with Crippen molar-refractivity contribution in [1.29, 1.82) is 0 Å². The monoisotopic (exact) mass is 189 g/mol. The Morgan fingerprint density at radius 2 is 2.08 bits per heavy atom. The fraction of sp³-hybridized carbons (Fsp3) is 1.00. The number of aliphatic hydroxyl groups excluding tert-OH is 1. The lowest BCUT2D eigenvalue weighted by Crippen LogP contribution is -2.36. The number of ether oxygens (including phenoxy) is 1. The van der Waals surface area contributed by atoms with E-state index >= 15 is 0 Å². The molecule has 3 heteroatoms. The Hall–Kier alpha value is -0.120. The van der Waals surface area contributed by atoms with Crippen LogP contribution in [0.3, 0.4) is 0 Å². The zero-order valence-corrected chi connectivity index (χ0v) is 9.05. The Morgan fingerprint density at radius 3 is 2.54 bits per heavy atom. The van der Waals surface area contributed by atoms with Gasteiger partial charge in [0.05, 0.1) is 13.2 Å². The average Bonchev–Trinajstić information content (AvgIpc) is 2.09. The van der Waals surface area contributed by atoms with Crippen LogP contribution >= 0.6 is 0 Å². The van der Waals surface area contributed by atoms with E-state index in [9.17, 15) is 0 Å². The van der Waals surface area contributed by atoms with E-state index in [2.05, 4.69) is 19.2 Å². The summed E-state index contributed by atoms with van der Waals surface area (Å²) in [6.07, 6.45) is 1.02. The van der Waals surface area contributed by atoms with Crippen molar-refractivity contribution in [2.24, 2.45) is 5.92 Å². The molecule has 0 heterocycles. The first-order valence-electron chi connectivity index (χ1n) is 5.12. The number of hydrogen-bond donors (Lipinski definition) is 2. The zero-order chi connectivity index (χ0) is 10.1. The summed E-state index contributed by atoms with van der Waals surface area (Å²) in [6.45, 7) is 8.83. The van der Waals surface area contributed by atoms with E-state index in [1.165, 1.54) is 0 Å². The standard InChI is InChI=1S/C10H23NO2/c1-4-13-6-5-11-10(8-12)7-9(2)3/h9-12H,4-8H2,1-3H3. The van der Waals surface area contributed by atoms with Crippen LogP contribution in [-0.4, -0.2) is 37.5 Å². The molecule has 0 radical (unpaired) electrons. The Bertz CT molecular complexity index is 107. The summed E-state index contributed by atoms with van der Waals surface area (Å²) in [5, 5.41) is 12.3. The SMILES string of the molecule is CCOCCNC(CO)CC(C)C. The Morgan fingerprint density at radius 1 is 1.38 bits per heavy atom. The highest BCUT2D eigenvalue weighted by atomic mass is 16.5. The van der Waals surface area contributed by atoms with Crippen LogP contribution in [0, 0.1) is 5.92 Å². The van der Waals surface area contributed by atoms with Crippen LogP contribution in [-0.2, 0) is 4.74 Å². The van der Waals surface area contributed by atoms with Crippen molar-refractivity contribution in [2.45, 2.75) is 33.2 Å². The molecule has 1 unspecified atom stereocenters. The lowest BCUT2D eigenvalue weighted by Gasteiger charge is -2.17. The molecule has 0 aliphatic heterocycles. The van der Waals surface area contributed by atoms with Gasteiger partial charge in [-0.25, -0.2) is 0 Å². The molecule has 0 spiro atoms. The third-order valence-electron chi connectivity index (χ3n) is 1.86. The van der Waals surface area contributed by atoms with Crippen LogP contribution < -0.4 is 5.32 Å². The van der Waals surface area contributed by atoms with Gasteiger partial charge in [-0.05, 0) is 19.3 Å². The van der Waals surface area contributed by atoms with Gasteiger partial charge in [0.15, 0.2) is 0 Å². The third kappa shape index (κ3) is 8.22. The summed E-state index contributed by atoms with van der Waals surface area (Å²) >= 11 is 0. The average molecular weight is 189 g/mol. The summed E-state index contributed by atoms with van der Waals surface area (Å²) in [7, 11) is 0. The minimum atomic E-state index is 0.213. The second-order valence-electron chi connectivity index (χ2n) is 3.66. The molecule has 0 aliphatic rings. The first-order chi connectivity index (χ1) is 6.20. The second kappa shape index (κ2) is 8.48. The van der Waals surface area contributed by atoms with Gasteiger partial charge < -0.3 is 15.2 Å². The van der Waals surface area contributed by atoms with Crippen molar-refractivity contribution in [2.75, 3.05) is 26.4 Å². The van der Waals surface area contributed by atoms with Crippen molar-refractivity contribution >= 4 is 0 Å². The molecule has 0 fully saturated rings. The maximum absolute atomic E-state index is 9.03. The second-order valence-corrected chi connectivity index (χ2v) is 3.66. The van der Waals surface area contributed by atoms with Gasteiger partial charge in [0.2, 0.25) is 0 Å². The molecule has 13 heavy (non-hydrogen) atoms. The van der Waals surface area contributed by atoms with Gasteiger partial charge in [-0.3, -0.25) is 0 Å². The molecule has 0 aromatic rings. The molecular formula is C10H23NO2. The van der Waals surface area contributed by atoms with E-state index in [1.54, 1.807) is 0 Å². The summed E-state index contributed by atoms with van der Waals surface area (Å²) in [5.41, 5.74) is 0. The molecule has 2 N–H and O–H groups in total. The maximum atomic E-state index is 9.03. The van der Waals surface area contributed by atoms with Crippen LogP contribution in [0.1, 0.15) is 27.2 Å². The van der Waals surface area contributed by atoms with Crippen LogP contribution in [0.25, 0.3) is 0 Å².